The molecule has 1 fully saturated rings. The van der Waals surface area contributed by atoms with E-state index in [9.17, 15) is 4.79 Å². The van der Waals surface area contributed by atoms with Crippen LogP contribution in [-0.2, 0) is 0 Å². The normalized spacial score (nSPS) is 14.2. The summed E-state index contributed by atoms with van der Waals surface area (Å²) in [6.07, 6.45) is 4.06. The van der Waals surface area contributed by atoms with Gasteiger partial charge in [-0.15, -0.1) is 5.10 Å². The molecule has 1 N–H and O–H groups in total. The lowest BCUT2D eigenvalue weighted by Gasteiger charge is -2.16. The minimum atomic E-state index is 0.0310. The third-order valence-electron chi connectivity index (χ3n) is 3.50. The molecule has 1 aromatic heterocycles. The summed E-state index contributed by atoms with van der Waals surface area (Å²) < 4.78 is 0. The Balaban J connectivity index is 1.79. The summed E-state index contributed by atoms with van der Waals surface area (Å²) in [5.74, 6) is 1.32. The van der Waals surface area contributed by atoms with Crippen LogP contribution in [0, 0.1) is 0 Å². The van der Waals surface area contributed by atoms with Crippen molar-refractivity contribution in [3.8, 4) is 0 Å². The molecular weight excluding hydrogens is 266 g/mol. The van der Waals surface area contributed by atoms with Crippen LogP contribution in [0.3, 0.4) is 0 Å². The molecule has 0 bridgehead atoms. The van der Waals surface area contributed by atoms with Crippen LogP contribution in [0.25, 0.3) is 0 Å². The summed E-state index contributed by atoms with van der Waals surface area (Å²) in [4.78, 5) is 18.1. The van der Waals surface area contributed by atoms with Crippen LogP contribution >= 0.6 is 0 Å². The van der Waals surface area contributed by atoms with Crippen LogP contribution in [0.5, 0.6) is 0 Å². The Morgan fingerprint density at radius 1 is 1.29 bits per heavy atom. The molecule has 0 unspecified atom stereocenters. The predicted octanol–water partition coefficient (Wildman–Crippen LogP) is 2.42. The molecule has 0 atom stereocenters. The lowest BCUT2D eigenvalue weighted by molar-refractivity contribution is 0.101. The first-order valence-corrected chi connectivity index (χ1v) is 7.05. The third-order valence-corrected chi connectivity index (χ3v) is 3.50. The number of Topliss-reactive ketones (excluding diaryl/α,β-unsaturated/α-hetero) is 1. The summed E-state index contributed by atoms with van der Waals surface area (Å²) in [6.45, 7) is 3.57. The van der Waals surface area contributed by atoms with E-state index in [1.54, 1.807) is 25.3 Å². The SMILES string of the molecule is CC(=O)c1cccc(Nc2nncc(N3CCCC3)n2)c1. The van der Waals surface area contributed by atoms with Crippen molar-refractivity contribution in [1.82, 2.24) is 15.2 Å². The average Bonchev–Trinajstić information content (AvgIpc) is 3.02. The van der Waals surface area contributed by atoms with Crippen molar-refractivity contribution in [2.75, 3.05) is 23.3 Å². The van der Waals surface area contributed by atoms with Crippen LogP contribution in [0.4, 0.5) is 17.5 Å². The zero-order valence-electron chi connectivity index (χ0n) is 11.9. The highest BCUT2D eigenvalue weighted by atomic mass is 16.1. The Morgan fingerprint density at radius 3 is 2.86 bits per heavy atom. The van der Waals surface area contributed by atoms with E-state index in [1.807, 2.05) is 12.1 Å². The smallest absolute Gasteiger partial charge is 0.249 e. The highest BCUT2D eigenvalue weighted by Crippen LogP contribution is 2.19. The second-order valence-electron chi connectivity index (χ2n) is 5.09. The summed E-state index contributed by atoms with van der Waals surface area (Å²) in [6, 6.07) is 7.27. The zero-order chi connectivity index (χ0) is 14.7. The van der Waals surface area contributed by atoms with Gasteiger partial charge in [0.1, 0.15) is 0 Å². The second-order valence-corrected chi connectivity index (χ2v) is 5.09. The van der Waals surface area contributed by atoms with Crippen molar-refractivity contribution >= 4 is 23.2 Å². The first kappa shape index (κ1) is 13.5. The van der Waals surface area contributed by atoms with Crippen molar-refractivity contribution in [2.24, 2.45) is 0 Å². The summed E-state index contributed by atoms with van der Waals surface area (Å²) in [5, 5.41) is 11.1. The largest absolute Gasteiger partial charge is 0.355 e. The number of anilines is 3. The Morgan fingerprint density at radius 2 is 2.10 bits per heavy atom. The lowest BCUT2D eigenvalue weighted by Crippen LogP contribution is -2.19. The Labute approximate surface area is 123 Å². The molecule has 3 rings (SSSR count). The number of carbonyl (C=O) groups is 1. The highest BCUT2D eigenvalue weighted by molar-refractivity contribution is 5.95. The van der Waals surface area contributed by atoms with E-state index in [0.29, 0.717) is 11.5 Å². The van der Waals surface area contributed by atoms with Gasteiger partial charge in [-0.05, 0) is 31.9 Å². The minimum Gasteiger partial charge on any atom is -0.355 e. The summed E-state index contributed by atoms with van der Waals surface area (Å²) in [5.41, 5.74) is 1.44. The van der Waals surface area contributed by atoms with E-state index in [1.165, 1.54) is 12.8 Å². The molecule has 0 saturated carbocycles. The van der Waals surface area contributed by atoms with Crippen LogP contribution in [-0.4, -0.2) is 34.1 Å². The van der Waals surface area contributed by atoms with E-state index in [4.69, 9.17) is 0 Å². The lowest BCUT2D eigenvalue weighted by atomic mass is 10.1. The molecule has 108 valence electrons. The predicted molar refractivity (Wildman–Crippen MR) is 81.0 cm³/mol. The fourth-order valence-electron chi connectivity index (χ4n) is 2.39. The molecule has 2 heterocycles. The van der Waals surface area contributed by atoms with Gasteiger partial charge in [-0.3, -0.25) is 4.79 Å². The first-order chi connectivity index (χ1) is 10.2. The molecular formula is C15H17N5O. The van der Waals surface area contributed by atoms with Crippen molar-refractivity contribution in [2.45, 2.75) is 19.8 Å². The molecule has 0 spiro atoms. The number of benzene rings is 1. The molecule has 6 heteroatoms. The number of hydrogen-bond acceptors (Lipinski definition) is 6. The van der Waals surface area contributed by atoms with Crippen LogP contribution in [0.15, 0.2) is 30.5 Å². The average molecular weight is 283 g/mol. The molecule has 1 aromatic carbocycles. The van der Waals surface area contributed by atoms with Gasteiger partial charge in [0, 0.05) is 24.3 Å². The van der Waals surface area contributed by atoms with Crippen molar-refractivity contribution in [1.29, 1.82) is 0 Å². The number of nitrogens with one attached hydrogen (secondary N) is 1. The van der Waals surface area contributed by atoms with E-state index in [-0.39, 0.29) is 5.78 Å². The highest BCUT2D eigenvalue weighted by Gasteiger charge is 2.14. The molecule has 0 aliphatic carbocycles. The maximum atomic E-state index is 11.4. The molecule has 0 amide bonds. The van der Waals surface area contributed by atoms with Gasteiger partial charge >= 0.3 is 0 Å². The van der Waals surface area contributed by atoms with E-state index in [2.05, 4.69) is 25.4 Å². The maximum Gasteiger partial charge on any atom is 0.249 e. The van der Waals surface area contributed by atoms with Gasteiger partial charge in [0.25, 0.3) is 0 Å². The monoisotopic (exact) mass is 283 g/mol. The van der Waals surface area contributed by atoms with E-state index >= 15 is 0 Å². The first-order valence-electron chi connectivity index (χ1n) is 7.05. The molecule has 1 aliphatic rings. The van der Waals surface area contributed by atoms with E-state index in [0.717, 1.165) is 24.6 Å². The van der Waals surface area contributed by atoms with Crippen LogP contribution in [0.2, 0.25) is 0 Å². The molecule has 1 aliphatic heterocycles. The molecule has 1 saturated heterocycles. The van der Waals surface area contributed by atoms with Gasteiger partial charge in [0.2, 0.25) is 5.95 Å². The Kier molecular flexibility index (Phi) is 3.77. The number of ketones is 1. The quantitative estimate of drug-likeness (QED) is 0.869. The molecule has 6 nitrogen and oxygen atoms in total. The number of hydrogen-bond donors (Lipinski definition) is 1. The number of nitrogens with zero attached hydrogens (tertiary/aromatic N) is 4. The fraction of sp³-hybridized carbons (Fsp3) is 0.333. The van der Waals surface area contributed by atoms with Gasteiger partial charge in [-0.1, -0.05) is 12.1 Å². The Bertz CT molecular complexity index is 652. The van der Waals surface area contributed by atoms with E-state index < -0.39 is 0 Å². The fourth-order valence-corrected chi connectivity index (χ4v) is 2.39. The summed E-state index contributed by atoms with van der Waals surface area (Å²) in [7, 11) is 0. The standard InChI is InChI=1S/C15H17N5O/c1-11(21)12-5-4-6-13(9-12)17-15-18-14(10-16-19-15)20-7-2-3-8-20/h4-6,9-10H,2-3,7-8H2,1H3,(H,17,18,19). The maximum absolute atomic E-state index is 11.4. The third kappa shape index (κ3) is 3.16. The Hall–Kier alpha value is -2.50. The van der Waals surface area contributed by atoms with Crippen LogP contribution < -0.4 is 10.2 Å². The van der Waals surface area contributed by atoms with Gasteiger partial charge in [0.05, 0.1) is 6.20 Å². The topological polar surface area (TPSA) is 71.0 Å². The van der Waals surface area contributed by atoms with Gasteiger partial charge < -0.3 is 10.2 Å². The van der Waals surface area contributed by atoms with Crippen molar-refractivity contribution < 1.29 is 4.79 Å². The van der Waals surface area contributed by atoms with Crippen molar-refractivity contribution in [3.63, 3.8) is 0 Å². The molecule has 21 heavy (non-hydrogen) atoms. The van der Waals surface area contributed by atoms with Gasteiger partial charge in [-0.2, -0.15) is 10.1 Å². The second kappa shape index (κ2) is 5.87. The van der Waals surface area contributed by atoms with Gasteiger partial charge in [0.15, 0.2) is 11.6 Å². The number of aromatic nitrogens is 3. The molecule has 0 radical (unpaired) electrons. The minimum absolute atomic E-state index is 0.0310. The number of carbonyl (C=O) groups excluding carboxylic acids is 1. The molecule has 2 aromatic rings. The van der Waals surface area contributed by atoms with Crippen LogP contribution in [0.1, 0.15) is 30.1 Å². The zero-order valence-corrected chi connectivity index (χ0v) is 11.9. The van der Waals surface area contributed by atoms with Gasteiger partial charge in [-0.25, -0.2) is 0 Å². The van der Waals surface area contributed by atoms with Crippen molar-refractivity contribution in [3.05, 3.63) is 36.0 Å². The number of rotatable bonds is 4. The summed E-state index contributed by atoms with van der Waals surface area (Å²) >= 11 is 0.